The standard InChI is InChI=1S/C10H16ClN3OS/c1-2-15-8-3-5-14(6-4-8)7-9-10(11)16-13-12-9/h8H,2-7H2,1H3. The Balaban J connectivity index is 1.79. The fourth-order valence-electron chi connectivity index (χ4n) is 1.97. The van der Waals surface area contributed by atoms with E-state index in [-0.39, 0.29) is 0 Å². The van der Waals surface area contributed by atoms with Gasteiger partial charge in [0, 0.05) is 37.8 Å². The molecule has 1 aromatic rings. The van der Waals surface area contributed by atoms with Gasteiger partial charge in [0.25, 0.3) is 0 Å². The van der Waals surface area contributed by atoms with Crippen molar-refractivity contribution in [2.75, 3.05) is 19.7 Å². The zero-order valence-corrected chi connectivity index (χ0v) is 10.9. The van der Waals surface area contributed by atoms with Crippen LogP contribution in [0.4, 0.5) is 0 Å². The number of halogens is 1. The molecule has 1 fully saturated rings. The third kappa shape index (κ3) is 3.13. The van der Waals surface area contributed by atoms with Gasteiger partial charge in [-0.05, 0) is 19.8 Å². The minimum Gasteiger partial charge on any atom is -0.378 e. The van der Waals surface area contributed by atoms with Crippen LogP contribution in [0.3, 0.4) is 0 Å². The minimum absolute atomic E-state index is 0.435. The van der Waals surface area contributed by atoms with E-state index < -0.39 is 0 Å². The Morgan fingerprint density at radius 2 is 2.25 bits per heavy atom. The number of likely N-dealkylation sites (tertiary alicyclic amines) is 1. The molecule has 0 bridgehead atoms. The molecule has 1 saturated heterocycles. The van der Waals surface area contributed by atoms with Gasteiger partial charge in [0.1, 0.15) is 10.0 Å². The lowest BCUT2D eigenvalue weighted by molar-refractivity contribution is 0.0123. The number of nitrogens with zero attached hydrogens (tertiary/aromatic N) is 3. The Morgan fingerprint density at radius 1 is 1.50 bits per heavy atom. The summed E-state index contributed by atoms with van der Waals surface area (Å²) in [5, 5.41) is 4.03. The van der Waals surface area contributed by atoms with Crippen LogP contribution in [0.5, 0.6) is 0 Å². The van der Waals surface area contributed by atoms with Gasteiger partial charge in [0.05, 0.1) is 6.10 Å². The molecule has 90 valence electrons. The van der Waals surface area contributed by atoms with Crippen molar-refractivity contribution in [1.29, 1.82) is 0 Å². The molecule has 0 aromatic carbocycles. The molecule has 0 N–H and O–H groups in total. The van der Waals surface area contributed by atoms with Crippen molar-refractivity contribution >= 4 is 23.1 Å². The van der Waals surface area contributed by atoms with Crippen LogP contribution in [-0.2, 0) is 11.3 Å². The monoisotopic (exact) mass is 261 g/mol. The van der Waals surface area contributed by atoms with Gasteiger partial charge >= 0.3 is 0 Å². The van der Waals surface area contributed by atoms with Crippen molar-refractivity contribution in [2.24, 2.45) is 0 Å². The third-order valence-corrected chi connectivity index (χ3v) is 3.80. The predicted molar refractivity (Wildman–Crippen MR) is 64.8 cm³/mol. The summed E-state index contributed by atoms with van der Waals surface area (Å²) in [4.78, 5) is 2.36. The quantitative estimate of drug-likeness (QED) is 0.833. The van der Waals surface area contributed by atoms with E-state index in [4.69, 9.17) is 16.3 Å². The summed E-state index contributed by atoms with van der Waals surface area (Å²) in [5.74, 6) is 0. The minimum atomic E-state index is 0.435. The molecule has 1 aliphatic heterocycles. The number of hydrogen-bond donors (Lipinski definition) is 0. The lowest BCUT2D eigenvalue weighted by atomic mass is 10.1. The van der Waals surface area contributed by atoms with Gasteiger partial charge < -0.3 is 4.74 Å². The van der Waals surface area contributed by atoms with Crippen molar-refractivity contribution in [2.45, 2.75) is 32.4 Å². The summed E-state index contributed by atoms with van der Waals surface area (Å²) >= 11 is 7.23. The van der Waals surface area contributed by atoms with E-state index in [9.17, 15) is 0 Å². The molecule has 2 heterocycles. The zero-order valence-electron chi connectivity index (χ0n) is 9.36. The summed E-state index contributed by atoms with van der Waals surface area (Å²) in [5.41, 5.74) is 0.904. The molecule has 0 atom stereocenters. The summed E-state index contributed by atoms with van der Waals surface area (Å²) in [7, 11) is 0. The van der Waals surface area contributed by atoms with Gasteiger partial charge in [-0.3, -0.25) is 4.90 Å². The van der Waals surface area contributed by atoms with Crippen LogP contribution in [0.25, 0.3) is 0 Å². The highest BCUT2D eigenvalue weighted by molar-refractivity contribution is 7.10. The highest BCUT2D eigenvalue weighted by Crippen LogP contribution is 2.21. The van der Waals surface area contributed by atoms with Crippen LogP contribution in [0.1, 0.15) is 25.5 Å². The van der Waals surface area contributed by atoms with E-state index in [0.717, 1.165) is 44.8 Å². The second-order valence-corrected chi connectivity index (χ2v) is 5.28. The van der Waals surface area contributed by atoms with E-state index in [0.29, 0.717) is 10.4 Å². The van der Waals surface area contributed by atoms with Crippen LogP contribution in [0.15, 0.2) is 0 Å². The van der Waals surface area contributed by atoms with Gasteiger partial charge in [0.2, 0.25) is 0 Å². The highest BCUT2D eigenvalue weighted by Gasteiger charge is 2.20. The van der Waals surface area contributed by atoms with Crippen LogP contribution in [-0.4, -0.2) is 40.3 Å². The van der Waals surface area contributed by atoms with Crippen LogP contribution >= 0.6 is 23.1 Å². The summed E-state index contributed by atoms with van der Waals surface area (Å²) in [6, 6.07) is 0. The molecule has 0 radical (unpaired) electrons. The predicted octanol–water partition coefficient (Wildman–Crippen LogP) is 2.19. The molecule has 0 aliphatic carbocycles. The Bertz CT molecular complexity index is 326. The molecule has 0 amide bonds. The van der Waals surface area contributed by atoms with Gasteiger partial charge in [-0.2, -0.15) is 0 Å². The number of hydrogen-bond acceptors (Lipinski definition) is 5. The first-order chi connectivity index (χ1) is 7.79. The van der Waals surface area contributed by atoms with Gasteiger partial charge in [0.15, 0.2) is 0 Å². The molecular weight excluding hydrogens is 246 g/mol. The molecule has 2 rings (SSSR count). The average Bonchev–Trinajstić information content (AvgIpc) is 2.68. The molecule has 0 unspecified atom stereocenters. The maximum Gasteiger partial charge on any atom is 0.138 e. The second-order valence-electron chi connectivity index (χ2n) is 3.92. The molecule has 16 heavy (non-hydrogen) atoms. The van der Waals surface area contributed by atoms with Gasteiger partial charge in [-0.15, -0.1) is 5.10 Å². The van der Waals surface area contributed by atoms with E-state index in [1.165, 1.54) is 11.5 Å². The zero-order chi connectivity index (χ0) is 11.4. The molecule has 0 spiro atoms. The highest BCUT2D eigenvalue weighted by atomic mass is 35.5. The summed E-state index contributed by atoms with van der Waals surface area (Å²) in [6.07, 6.45) is 2.64. The SMILES string of the molecule is CCOC1CCN(Cc2nnsc2Cl)CC1. The first-order valence-electron chi connectivity index (χ1n) is 5.60. The maximum atomic E-state index is 5.98. The lowest BCUT2D eigenvalue weighted by Crippen LogP contribution is -2.36. The number of rotatable bonds is 4. The first-order valence-corrected chi connectivity index (χ1v) is 6.75. The van der Waals surface area contributed by atoms with Crippen LogP contribution in [0, 0.1) is 0 Å². The molecule has 4 nitrogen and oxygen atoms in total. The summed E-state index contributed by atoms with van der Waals surface area (Å²) in [6.45, 7) is 5.78. The van der Waals surface area contributed by atoms with Crippen molar-refractivity contribution in [3.8, 4) is 0 Å². The van der Waals surface area contributed by atoms with Crippen LogP contribution < -0.4 is 0 Å². The van der Waals surface area contributed by atoms with E-state index >= 15 is 0 Å². The molecule has 0 saturated carbocycles. The smallest absolute Gasteiger partial charge is 0.138 e. The Morgan fingerprint density at radius 3 is 2.81 bits per heavy atom. The van der Waals surface area contributed by atoms with Crippen molar-refractivity contribution in [1.82, 2.24) is 14.5 Å². The third-order valence-electron chi connectivity index (χ3n) is 2.82. The van der Waals surface area contributed by atoms with Crippen molar-refractivity contribution in [3.05, 3.63) is 10.0 Å². The first kappa shape index (κ1) is 12.2. The maximum absolute atomic E-state index is 5.98. The largest absolute Gasteiger partial charge is 0.378 e. The van der Waals surface area contributed by atoms with Crippen molar-refractivity contribution < 1.29 is 4.74 Å². The Kier molecular flexibility index (Phi) is 4.52. The lowest BCUT2D eigenvalue weighted by Gasteiger charge is -2.31. The van der Waals surface area contributed by atoms with Gasteiger partial charge in [-0.25, -0.2) is 0 Å². The van der Waals surface area contributed by atoms with Crippen molar-refractivity contribution in [3.63, 3.8) is 0 Å². The fourth-order valence-corrected chi connectivity index (χ4v) is 2.58. The molecular formula is C10H16ClN3OS. The molecule has 1 aliphatic rings. The fraction of sp³-hybridized carbons (Fsp3) is 0.800. The summed E-state index contributed by atoms with van der Waals surface area (Å²) < 4.78 is 10.2. The number of ether oxygens (including phenoxy) is 1. The molecule has 6 heteroatoms. The Hall–Kier alpha value is -0.230. The van der Waals surface area contributed by atoms with Crippen LogP contribution in [0.2, 0.25) is 4.34 Å². The number of piperidine rings is 1. The van der Waals surface area contributed by atoms with E-state index in [1.54, 1.807) is 0 Å². The topological polar surface area (TPSA) is 38.2 Å². The Labute approximate surface area is 105 Å². The van der Waals surface area contributed by atoms with Gasteiger partial charge in [-0.1, -0.05) is 16.1 Å². The average molecular weight is 262 g/mol. The molecule has 1 aromatic heterocycles. The second kappa shape index (κ2) is 5.91. The normalized spacial score (nSPS) is 19.1. The van der Waals surface area contributed by atoms with E-state index in [1.807, 2.05) is 6.92 Å². The van der Waals surface area contributed by atoms with E-state index in [2.05, 4.69) is 14.5 Å². The number of aromatic nitrogens is 2.